The maximum absolute atomic E-state index is 12.2. The normalized spacial score (nSPS) is 16.4. The molecule has 0 radical (unpaired) electrons. The van der Waals surface area contributed by atoms with E-state index in [-0.39, 0.29) is 11.9 Å². The Labute approximate surface area is 149 Å². The molecule has 1 atom stereocenters. The van der Waals surface area contributed by atoms with E-state index >= 15 is 0 Å². The lowest BCUT2D eigenvalue weighted by Gasteiger charge is -2.27. The number of amides is 1. The second kappa shape index (κ2) is 8.81. The molecule has 1 aliphatic carbocycles. The number of anilines is 1. The van der Waals surface area contributed by atoms with Gasteiger partial charge in [0.1, 0.15) is 5.82 Å². The number of nitrogens with one attached hydrogen (secondary N) is 1. The van der Waals surface area contributed by atoms with Crippen LogP contribution in [-0.2, 0) is 11.2 Å². The fourth-order valence-corrected chi connectivity index (χ4v) is 3.63. The number of aryl methyl sites for hydroxylation is 1. The summed E-state index contributed by atoms with van der Waals surface area (Å²) < 4.78 is 1.98. The second-order valence-electron chi connectivity index (χ2n) is 6.77. The van der Waals surface area contributed by atoms with Gasteiger partial charge in [0, 0.05) is 12.5 Å². The number of aromatic nitrogens is 2. The number of unbranched alkanes of at least 4 members (excludes halogenated alkanes) is 3. The molecule has 2 aromatic rings. The minimum Gasteiger partial charge on any atom is -0.330 e. The van der Waals surface area contributed by atoms with Gasteiger partial charge in [-0.05, 0) is 49.8 Å². The predicted octanol–water partition coefficient (Wildman–Crippen LogP) is 3.66. The van der Waals surface area contributed by atoms with E-state index in [4.69, 9.17) is 5.73 Å². The average Bonchev–Trinajstić information content (AvgIpc) is 3.09. The zero-order chi connectivity index (χ0) is 17.5. The molecule has 1 aliphatic rings. The van der Waals surface area contributed by atoms with Gasteiger partial charge in [-0.2, -0.15) is 5.10 Å². The first-order valence-electron chi connectivity index (χ1n) is 9.41. The van der Waals surface area contributed by atoms with Crippen molar-refractivity contribution in [1.82, 2.24) is 9.78 Å². The van der Waals surface area contributed by atoms with Crippen molar-refractivity contribution >= 4 is 11.7 Å². The molecule has 134 valence electrons. The molecule has 0 aliphatic heterocycles. The molecule has 0 saturated carbocycles. The van der Waals surface area contributed by atoms with Crippen LogP contribution in [0.2, 0.25) is 0 Å². The lowest BCUT2D eigenvalue weighted by molar-refractivity contribution is -0.116. The molecule has 0 saturated heterocycles. The molecule has 25 heavy (non-hydrogen) atoms. The average molecular weight is 340 g/mol. The Morgan fingerprint density at radius 1 is 1.20 bits per heavy atom. The first-order valence-corrected chi connectivity index (χ1v) is 9.41. The van der Waals surface area contributed by atoms with E-state index in [2.05, 4.69) is 34.7 Å². The summed E-state index contributed by atoms with van der Waals surface area (Å²) in [5, 5.41) is 7.55. The van der Waals surface area contributed by atoms with Crippen molar-refractivity contribution in [3.05, 3.63) is 47.7 Å². The minimum atomic E-state index is 0.0681. The first-order chi connectivity index (χ1) is 12.3. The van der Waals surface area contributed by atoms with Gasteiger partial charge in [0.15, 0.2) is 0 Å². The quantitative estimate of drug-likeness (QED) is 0.720. The molecular weight excluding hydrogens is 312 g/mol. The standard InChI is InChI=1S/C20H28N4O/c21-14-6-2-1-3-12-20(25)23-19-13-15-22-24(19)18-11-7-9-16-8-4-5-10-17(16)18/h4-5,8,10,13,15,18H,1-3,6-7,9,11-12,14,21H2,(H,23,25). The topological polar surface area (TPSA) is 72.9 Å². The van der Waals surface area contributed by atoms with E-state index in [1.54, 1.807) is 6.20 Å². The fraction of sp³-hybridized carbons (Fsp3) is 0.500. The van der Waals surface area contributed by atoms with Crippen molar-refractivity contribution in [3.8, 4) is 0 Å². The third kappa shape index (κ3) is 4.48. The van der Waals surface area contributed by atoms with Gasteiger partial charge < -0.3 is 11.1 Å². The lowest BCUT2D eigenvalue weighted by Crippen LogP contribution is -2.22. The smallest absolute Gasteiger partial charge is 0.225 e. The highest BCUT2D eigenvalue weighted by molar-refractivity contribution is 5.89. The van der Waals surface area contributed by atoms with Crippen molar-refractivity contribution in [2.45, 2.75) is 57.4 Å². The largest absolute Gasteiger partial charge is 0.330 e. The maximum atomic E-state index is 12.2. The molecule has 3 N–H and O–H groups in total. The van der Waals surface area contributed by atoms with E-state index in [0.29, 0.717) is 6.42 Å². The summed E-state index contributed by atoms with van der Waals surface area (Å²) in [6.45, 7) is 0.730. The number of nitrogens with zero attached hydrogens (tertiary/aromatic N) is 2. The summed E-state index contributed by atoms with van der Waals surface area (Å²) in [5.74, 6) is 0.868. The highest BCUT2D eigenvalue weighted by atomic mass is 16.1. The van der Waals surface area contributed by atoms with E-state index in [9.17, 15) is 4.79 Å². The van der Waals surface area contributed by atoms with E-state index in [1.807, 2.05) is 10.7 Å². The van der Waals surface area contributed by atoms with Crippen LogP contribution < -0.4 is 11.1 Å². The number of nitrogens with two attached hydrogens (primary N) is 1. The first kappa shape index (κ1) is 17.7. The molecule has 0 spiro atoms. The summed E-state index contributed by atoms with van der Waals surface area (Å²) in [4.78, 5) is 12.2. The summed E-state index contributed by atoms with van der Waals surface area (Å²) in [5.41, 5.74) is 8.22. The van der Waals surface area contributed by atoms with Crippen molar-refractivity contribution < 1.29 is 4.79 Å². The van der Waals surface area contributed by atoms with E-state index in [0.717, 1.165) is 57.3 Å². The zero-order valence-corrected chi connectivity index (χ0v) is 14.8. The summed E-state index contributed by atoms with van der Waals surface area (Å²) in [6, 6.07) is 10.7. The molecule has 1 aromatic carbocycles. The Balaban J connectivity index is 1.63. The van der Waals surface area contributed by atoms with Crippen molar-refractivity contribution in [3.63, 3.8) is 0 Å². The van der Waals surface area contributed by atoms with Crippen LogP contribution in [0.1, 0.15) is 62.1 Å². The van der Waals surface area contributed by atoms with Gasteiger partial charge in [0.25, 0.3) is 0 Å². The van der Waals surface area contributed by atoms with Gasteiger partial charge in [-0.15, -0.1) is 0 Å². The van der Waals surface area contributed by atoms with Crippen LogP contribution >= 0.6 is 0 Å². The molecule has 1 amide bonds. The van der Waals surface area contributed by atoms with E-state index in [1.165, 1.54) is 11.1 Å². The van der Waals surface area contributed by atoms with Crippen LogP contribution in [-0.4, -0.2) is 22.2 Å². The number of fused-ring (bicyclic) bond motifs is 1. The van der Waals surface area contributed by atoms with Crippen LogP contribution in [0.5, 0.6) is 0 Å². The minimum absolute atomic E-state index is 0.0681. The van der Waals surface area contributed by atoms with Crippen molar-refractivity contribution in [2.75, 3.05) is 11.9 Å². The molecule has 0 bridgehead atoms. The Morgan fingerprint density at radius 3 is 2.92 bits per heavy atom. The highest BCUT2D eigenvalue weighted by Gasteiger charge is 2.24. The SMILES string of the molecule is NCCCCCCC(=O)Nc1ccnn1C1CCCc2ccccc21. The van der Waals surface area contributed by atoms with Crippen molar-refractivity contribution in [1.29, 1.82) is 0 Å². The number of carbonyl (C=O) groups is 1. The van der Waals surface area contributed by atoms with E-state index < -0.39 is 0 Å². The number of hydrogen-bond acceptors (Lipinski definition) is 3. The summed E-state index contributed by atoms with van der Waals surface area (Å²) in [7, 11) is 0. The number of carbonyl (C=O) groups excluding carboxylic acids is 1. The maximum Gasteiger partial charge on any atom is 0.225 e. The van der Waals surface area contributed by atoms with Gasteiger partial charge in [-0.25, -0.2) is 4.68 Å². The van der Waals surface area contributed by atoms with Crippen LogP contribution in [0.15, 0.2) is 36.5 Å². The third-order valence-electron chi connectivity index (χ3n) is 4.93. The van der Waals surface area contributed by atoms with Crippen molar-refractivity contribution in [2.24, 2.45) is 5.73 Å². The molecule has 3 rings (SSSR count). The van der Waals surface area contributed by atoms with Crippen LogP contribution in [0.25, 0.3) is 0 Å². The van der Waals surface area contributed by atoms with Gasteiger partial charge >= 0.3 is 0 Å². The monoisotopic (exact) mass is 340 g/mol. The molecule has 5 nitrogen and oxygen atoms in total. The van der Waals surface area contributed by atoms with Crippen LogP contribution in [0.4, 0.5) is 5.82 Å². The summed E-state index contributed by atoms with van der Waals surface area (Å²) >= 11 is 0. The summed E-state index contributed by atoms with van der Waals surface area (Å²) in [6.07, 6.45) is 9.75. The van der Waals surface area contributed by atoms with Gasteiger partial charge in [-0.1, -0.05) is 37.1 Å². The van der Waals surface area contributed by atoms with Gasteiger partial charge in [0.05, 0.1) is 12.2 Å². The van der Waals surface area contributed by atoms with Gasteiger partial charge in [0.2, 0.25) is 5.91 Å². The molecule has 5 heteroatoms. The third-order valence-corrected chi connectivity index (χ3v) is 4.93. The zero-order valence-electron chi connectivity index (χ0n) is 14.8. The van der Waals surface area contributed by atoms with Crippen LogP contribution in [0, 0.1) is 0 Å². The molecular formula is C20H28N4O. The second-order valence-corrected chi connectivity index (χ2v) is 6.77. The molecule has 1 aromatic heterocycles. The number of benzene rings is 1. The van der Waals surface area contributed by atoms with Crippen LogP contribution in [0.3, 0.4) is 0 Å². The molecule has 1 unspecified atom stereocenters. The van der Waals surface area contributed by atoms with Gasteiger partial charge in [-0.3, -0.25) is 4.79 Å². The lowest BCUT2D eigenvalue weighted by atomic mass is 9.88. The Kier molecular flexibility index (Phi) is 6.23. The number of rotatable bonds is 8. The predicted molar refractivity (Wildman–Crippen MR) is 101 cm³/mol. The molecule has 1 heterocycles. The fourth-order valence-electron chi connectivity index (χ4n) is 3.63. The Morgan fingerprint density at radius 2 is 2.04 bits per heavy atom. The number of hydrogen-bond donors (Lipinski definition) is 2. The highest BCUT2D eigenvalue weighted by Crippen LogP contribution is 2.34. The molecule has 0 fully saturated rings. The Hall–Kier alpha value is -2.14. The Bertz CT molecular complexity index is 695.